The van der Waals surface area contributed by atoms with Crippen LogP contribution >= 0.6 is 0 Å². The minimum Gasteiger partial charge on any atom is -0.392 e. The van der Waals surface area contributed by atoms with Crippen LogP contribution in [0.4, 0.5) is 11.8 Å². The molecular formula is C20H20N10O. The van der Waals surface area contributed by atoms with E-state index in [4.69, 9.17) is 10.1 Å². The van der Waals surface area contributed by atoms with Crippen molar-refractivity contribution in [3.05, 3.63) is 54.4 Å². The van der Waals surface area contributed by atoms with Crippen LogP contribution in [0.25, 0.3) is 28.4 Å². The fraction of sp³-hybridized carbons (Fsp3) is 0.200. The van der Waals surface area contributed by atoms with Gasteiger partial charge in [0.1, 0.15) is 5.52 Å². The van der Waals surface area contributed by atoms with Gasteiger partial charge in [0.05, 0.1) is 12.3 Å². The van der Waals surface area contributed by atoms with E-state index in [-0.39, 0.29) is 6.61 Å². The summed E-state index contributed by atoms with van der Waals surface area (Å²) in [6.07, 6.45) is 10.5. The number of imidazole rings is 1. The van der Waals surface area contributed by atoms with Crippen molar-refractivity contribution in [1.82, 2.24) is 43.9 Å². The molecule has 5 aromatic rings. The Morgan fingerprint density at radius 2 is 1.87 bits per heavy atom. The molecule has 0 aliphatic heterocycles. The van der Waals surface area contributed by atoms with Gasteiger partial charge in [-0.2, -0.15) is 5.10 Å². The van der Waals surface area contributed by atoms with E-state index in [1.165, 1.54) is 0 Å². The largest absolute Gasteiger partial charge is 0.392 e. The van der Waals surface area contributed by atoms with Gasteiger partial charge < -0.3 is 15.0 Å². The normalized spacial score (nSPS) is 11.4. The summed E-state index contributed by atoms with van der Waals surface area (Å²) >= 11 is 0. The topological polar surface area (TPSA) is 124 Å². The molecule has 2 N–H and O–H groups in total. The minimum atomic E-state index is -0.118. The third kappa shape index (κ3) is 3.30. The first-order chi connectivity index (χ1) is 15.0. The molecule has 0 radical (unpaired) electrons. The highest BCUT2D eigenvalue weighted by molar-refractivity contribution is 5.83. The van der Waals surface area contributed by atoms with Crippen molar-refractivity contribution in [2.45, 2.75) is 13.5 Å². The van der Waals surface area contributed by atoms with Crippen LogP contribution in [0.3, 0.4) is 0 Å². The number of anilines is 2. The number of aliphatic hydroxyl groups is 1. The molecule has 0 aromatic carbocycles. The maximum atomic E-state index is 9.24. The molecule has 0 amide bonds. The molecule has 0 aliphatic rings. The molecule has 31 heavy (non-hydrogen) atoms. The quantitative estimate of drug-likeness (QED) is 0.445. The molecule has 5 rings (SSSR count). The number of hydrogen-bond acceptors (Lipinski definition) is 8. The maximum Gasteiger partial charge on any atom is 0.228 e. The van der Waals surface area contributed by atoms with Gasteiger partial charge in [-0.25, -0.2) is 24.5 Å². The van der Waals surface area contributed by atoms with Gasteiger partial charge in [-0.15, -0.1) is 5.10 Å². The van der Waals surface area contributed by atoms with Crippen molar-refractivity contribution >= 4 is 17.3 Å². The van der Waals surface area contributed by atoms with Crippen molar-refractivity contribution in [2.24, 2.45) is 14.1 Å². The zero-order valence-corrected chi connectivity index (χ0v) is 17.2. The fourth-order valence-corrected chi connectivity index (χ4v) is 3.42. The average Bonchev–Trinajstić information content (AvgIpc) is 3.47. The van der Waals surface area contributed by atoms with E-state index in [1.807, 2.05) is 50.2 Å². The van der Waals surface area contributed by atoms with Gasteiger partial charge in [-0.05, 0) is 18.6 Å². The van der Waals surface area contributed by atoms with Crippen molar-refractivity contribution in [3.8, 4) is 22.9 Å². The number of aromatic nitrogens is 9. The summed E-state index contributed by atoms with van der Waals surface area (Å²) in [5.74, 6) is 2.00. The van der Waals surface area contributed by atoms with Crippen LogP contribution in [-0.4, -0.2) is 49.0 Å². The Bertz CT molecular complexity index is 1380. The van der Waals surface area contributed by atoms with Crippen LogP contribution in [0.15, 0.2) is 43.2 Å². The molecule has 5 aromatic heterocycles. The van der Waals surface area contributed by atoms with E-state index in [9.17, 15) is 5.11 Å². The number of rotatable bonds is 5. The van der Waals surface area contributed by atoms with Gasteiger partial charge in [-0.1, -0.05) is 0 Å². The summed E-state index contributed by atoms with van der Waals surface area (Å²) in [6, 6.07) is 1.96. The second-order valence-electron chi connectivity index (χ2n) is 7.18. The lowest BCUT2D eigenvalue weighted by Crippen LogP contribution is -2.07. The van der Waals surface area contributed by atoms with Crippen LogP contribution in [0.5, 0.6) is 0 Å². The van der Waals surface area contributed by atoms with Crippen LogP contribution < -0.4 is 5.32 Å². The van der Waals surface area contributed by atoms with E-state index in [1.54, 1.807) is 27.8 Å². The summed E-state index contributed by atoms with van der Waals surface area (Å²) in [4.78, 5) is 17.7. The van der Waals surface area contributed by atoms with Gasteiger partial charge in [0.2, 0.25) is 11.8 Å². The zero-order valence-electron chi connectivity index (χ0n) is 17.2. The highest BCUT2D eigenvalue weighted by atomic mass is 16.3. The van der Waals surface area contributed by atoms with Crippen molar-refractivity contribution < 1.29 is 5.11 Å². The third-order valence-electron chi connectivity index (χ3n) is 5.01. The zero-order chi connectivity index (χ0) is 21.5. The summed E-state index contributed by atoms with van der Waals surface area (Å²) < 4.78 is 5.39. The minimum absolute atomic E-state index is 0.118. The molecule has 0 saturated carbocycles. The van der Waals surface area contributed by atoms with E-state index in [0.717, 1.165) is 22.3 Å². The first kappa shape index (κ1) is 18.9. The Morgan fingerprint density at radius 1 is 1.06 bits per heavy atom. The van der Waals surface area contributed by atoms with Gasteiger partial charge in [0, 0.05) is 62.4 Å². The van der Waals surface area contributed by atoms with Gasteiger partial charge >= 0.3 is 0 Å². The Balaban J connectivity index is 1.69. The molecular weight excluding hydrogens is 396 g/mol. The lowest BCUT2D eigenvalue weighted by Gasteiger charge is -2.09. The maximum absolute atomic E-state index is 9.24. The van der Waals surface area contributed by atoms with E-state index in [0.29, 0.717) is 29.0 Å². The molecule has 0 saturated heterocycles. The van der Waals surface area contributed by atoms with Crippen LogP contribution in [0.1, 0.15) is 11.1 Å². The molecule has 0 spiro atoms. The Labute approximate surface area is 177 Å². The van der Waals surface area contributed by atoms with Crippen LogP contribution in [-0.2, 0) is 20.7 Å². The Morgan fingerprint density at radius 3 is 2.52 bits per heavy atom. The van der Waals surface area contributed by atoms with Gasteiger partial charge in [0.15, 0.2) is 11.6 Å². The molecule has 156 valence electrons. The van der Waals surface area contributed by atoms with Crippen molar-refractivity contribution in [2.75, 3.05) is 5.32 Å². The monoisotopic (exact) mass is 416 g/mol. The molecule has 5 heterocycles. The van der Waals surface area contributed by atoms with Gasteiger partial charge in [-0.3, -0.25) is 4.68 Å². The number of nitrogens with one attached hydrogen (secondary N) is 1. The molecule has 11 heteroatoms. The molecule has 0 atom stereocenters. The Kier molecular flexibility index (Phi) is 4.44. The second kappa shape index (κ2) is 7.29. The van der Waals surface area contributed by atoms with E-state index < -0.39 is 0 Å². The Hall–Kier alpha value is -4.12. The number of aryl methyl sites for hydroxylation is 3. The van der Waals surface area contributed by atoms with Gasteiger partial charge in [0.25, 0.3) is 0 Å². The predicted octanol–water partition coefficient (Wildman–Crippen LogP) is 1.86. The summed E-state index contributed by atoms with van der Waals surface area (Å²) in [5.41, 5.74) is 4.18. The molecule has 0 fully saturated rings. The van der Waals surface area contributed by atoms with Crippen LogP contribution in [0, 0.1) is 6.92 Å². The van der Waals surface area contributed by atoms with Crippen molar-refractivity contribution in [1.29, 1.82) is 0 Å². The molecule has 0 aliphatic carbocycles. The highest BCUT2D eigenvalue weighted by Crippen LogP contribution is 2.31. The lowest BCUT2D eigenvalue weighted by atomic mass is 10.1. The predicted molar refractivity (Wildman–Crippen MR) is 113 cm³/mol. The lowest BCUT2D eigenvalue weighted by molar-refractivity contribution is 0.281. The summed E-state index contributed by atoms with van der Waals surface area (Å²) in [7, 11) is 3.77. The molecule has 0 unspecified atom stereocenters. The molecule has 11 nitrogen and oxygen atoms in total. The van der Waals surface area contributed by atoms with Crippen LogP contribution in [0.2, 0.25) is 0 Å². The van der Waals surface area contributed by atoms with E-state index in [2.05, 4.69) is 25.4 Å². The van der Waals surface area contributed by atoms with Crippen molar-refractivity contribution in [3.63, 3.8) is 0 Å². The first-order valence-electron chi connectivity index (χ1n) is 9.60. The smallest absolute Gasteiger partial charge is 0.228 e. The number of nitrogens with zero attached hydrogens (tertiary/aromatic N) is 9. The number of fused-ring (bicyclic) bond motifs is 1. The number of hydrogen-bond donors (Lipinski definition) is 2. The fourth-order valence-electron chi connectivity index (χ4n) is 3.42. The SMILES string of the molecule is Cc1c(-c2ccn(C)n2)cn2nc(-c3nccn3C)nc(Nc3ncc(CO)cn3)c12. The third-order valence-corrected chi connectivity index (χ3v) is 5.01. The van der Waals surface area contributed by atoms with E-state index >= 15 is 0 Å². The first-order valence-corrected chi connectivity index (χ1v) is 9.60. The molecule has 0 bridgehead atoms. The second-order valence-corrected chi connectivity index (χ2v) is 7.18. The average molecular weight is 416 g/mol. The summed E-state index contributed by atoms with van der Waals surface area (Å²) in [6.45, 7) is 1.89. The standard InChI is InChI=1S/C20H20N10O/c1-12-14(15-4-6-29(3)26-15)10-30-16(12)17(25-20-22-8-13(11-31)9-23-20)24-18(27-30)19-21-5-7-28(19)2/h4-10,31H,11H2,1-3H3,(H,22,23,24,25,27). The number of aliphatic hydroxyl groups excluding tert-OH is 1. The highest BCUT2D eigenvalue weighted by Gasteiger charge is 2.20. The summed E-state index contributed by atoms with van der Waals surface area (Å²) in [5, 5.41) is 21.6.